The highest BCUT2D eigenvalue weighted by molar-refractivity contribution is 5.77. The summed E-state index contributed by atoms with van der Waals surface area (Å²) in [5, 5.41) is 0. The highest BCUT2D eigenvalue weighted by atomic mass is 16.3. The summed E-state index contributed by atoms with van der Waals surface area (Å²) in [4.78, 5) is 4.59. The van der Waals surface area contributed by atoms with Crippen LogP contribution in [0.4, 0.5) is 0 Å². The van der Waals surface area contributed by atoms with E-state index in [1.54, 1.807) is 0 Å². The standard InChI is InChI=1S/C16H15NO/c1-3-12-8-9-15-14(10-12)17-16(18-15)13-7-5-4-6-11(13)2/h4-10H,3H2,1-2H3. The van der Waals surface area contributed by atoms with Gasteiger partial charge in [-0.15, -0.1) is 0 Å². The molecule has 1 aromatic heterocycles. The molecule has 0 atom stereocenters. The molecule has 2 nitrogen and oxygen atoms in total. The first-order valence-corrected chi connectivity index (χ1v) is 6.23. The van der Waals surface area contributed by atoms with E-state index in [2.05, 4.69) is 37.0 Å². The van der Waals surface area contributed by atoms with Gasteiger partial charge in [0.25, 0.3) is 0 Å². The molecule has 0 radical (unpaired) electrons. The predicted molar refractivity (Wildman–Crippen MR) is 73.6 cm³/mol. The molecule has 2 aromatic carbocycles. The molecule has 3 rings (SSSR count). The lowest BCUT2D eigenvalue weighted by molar-refractivity contribution is 0.619. The van der Waals surface area contributed by atoms with Gasteiger partial charge in [-0.1, -0.05) is 31.2 Å². The van der Waals surface area contributed by atoms with E-state index in [9.17, 15) is 0 Å². The number of hydrogen-bond donors (Lipinski definition) is 0. The average molecular weight is 237 g/mol. The van der Waals surface area contributed by atoms with Gasteiger partial charge in [-0.2, -0.15) is 0 Å². The molecule has 0 amide bonds. The van der Waals surface area contributed by atoms with Crippen LogP contribution in [0.15, 0.2) is 46.9 Å². The maximum Gasteiger partial charge on any atom is 0.227 e. The van der Waals surface area contributed by atoms with Crippen LogP contribution in [0.3, 0.4) is 0 Å². The van der Waals surface area contributed by atoms with Crippen LogP contribution >= 0.6 is 0 Å². The van der Waals surface area contributed by atoms with Crippen LogP contribution < -0.4 is 0 Å². The van der Waals surface area contributed by atoms with Crippen molar-refractivity contribution in [3.63, 3.8) is 0 Å². The molecule has 1 heterocycles. The van der Waals surface area contributed by atoms with Crippen molar-refractivity contribution >= 4 is 11.1 Å². The van der Waals surface area contributed by atoms with E-state index in [-0.39, 0.29) is 0 Å². The van der Waals surface area contributed by atoms with Crippen LogP contribution in [-0.4, -0.2) is 4.98 Å². The number of nitrogens with zero attached hydrogens (tertiary/aromatic N) is 1. The van der Waals surface area contributed by atoms with Crippen molar-refractivity contribution in [1.29, 1.82) is 0 Å². The number of hydrogen-bond acceptors (Lipinski definition) is 2. The third-order valence-corrected chi connectivity index (χ3v) is 3.24. The van der Waals surface area contributed by atoms with E-state index >= 15 is 0 Å². The zero-order chi connectivity index (χ0) is 12.5. The Hall–Kier alpha value is -2.09. The van der Waals surface area contributed by atoms with E-state index in [0.717, 1.165) is 23.1 Å². The predicted octanol–water partition coefficient (Wildman–Crippen LogP) is 4.37. The summed E-state index contributed by atoms with van der Waals surface area (Å²) < 4.78 is 5.82. The summed E-state index contributed by atoms with van der Waals surface area (Å²) >= 11 is 0. The second-order valence-corrected chi connectivity index (χ2v) is 4.49. The van der Waals surface area contributed by atoms with Crippen LogP contribution in [0.1, 0.15) is 18.1 Å². The minimum absolute atomic E-state index is 0.705. The molecule has 0 saturated heterocycles. The van der Waals surface area contributed by atoms with Crippen LogP contribution in [0.25, 0.3) is 22.6 Å². The van der Waals surface area contributed by atoms with Crippen molar-refractivity contribution < 1.29 is 4.42 Å². The number of aromatic nitrogens is 1. The number of rotatable bonds is 2. The number of benzene rings is 2. The lowest BCUT2D eigenvalue weighted by Crippen LogP contribution is -1.81. The molecule has 0 saturated carbocycles. The zero-order valence-electron chi connectivity index (χ0n) is 10.6. The van der Waals surface area contributed by atoms with Gasteiger partial charge in [0, 0.05) is 5.56 Å². The molecule has 0 aliphatic heterocycles. The van der Waals surface area contributed by atoms with Gasteiger partial charge in [0.15, 0.2) is 5.58 Å². The Morgan fingerprint density at radius 1 is 1.11 bits per heavy atom. The SMILES string of the molecule is CCc1ccc2oc(-c3ccccc3C)nc2c1. The number of oxazole rings is 1. The molecule has 0 unspecified atom stereocenters. The van der Waals surface area contributed by atoms with E-state index < -0.39 is 0 Å². The molecule has 0 aliphatic rings. The molecule has 90 valence electrons. The summed E-state index contributed by atoms with van der Waals surface area (Å²) in [5.74, 6) is 0.705. The van der Waals surface area contributed by atoms with Crippen molar-refractivity contribution in [2.24, 2.45) is 0 Å². The highest BCUT2D eigenvalue weighted by Gasteiger charge is 2.10. The molecule has 0 bridgehead atoms. The monoisotopic (exact) mass is 237 g/mol. The fourth-order valence-corrected chi connectivity index (χ4v) is 2.12. The average Bonchev–Trinajstić information content (AvgIpc) is 2.81. The normalized spacial score (nSPS) is 11.0. The maximum atomic E-state index is 5.82. The van der Waals surface area contributed by atoms with Crippen molar-refractivity contribution in [1.82, 2.24) is 4.98 Å². The van der Waals surface area contributed by atoms with Gasteiger partial charge in [-0.3, -0.25) is 0 Å². The van der Waals surface area contributed by atoms with Gasteiger partial charge in [-0.25, -0.2) is 4.98 Å². The summed E-state index contributed by atoms with van der Waals surface area (Å²) in [5.41, 5.74) is 5.32. The first-order valence-electron chi connectivity index (χ1n) is 6.23. The topological polar surface area (TPSA) is 26.0 Å². The lowest BCUT2D eigenvalue weighted by Gasteiger charge is -1.98. The van der Waals surface area contributed by atoms with Crippen molar-refractivity contribution in [3.05, 3.63) is 53.6 Å². The quantitative estimate of drug-likeness (QED) is 0.661. The second-order valence-electron chi connectivity index (χ2n) is 4.49. The molecule has 0 spiro atoms. The van der Waals surface area contributed by atoms with Gasteiger partial charge in [-0.05, 0) is 42.7 Å². The van der Waals surface area contributed by atoms with Crippen molar-refractivity contribution in [2.75, 3.05) is 0 Å². The first kappa shape index (κ1) is 11.0. The number of fused-ring (bicyclic) bond motifs is 1. The number of aryl methyl sites for hydroxylation is 2. The fourth-order valence-electron chi connectivity index (χ4n) is 2.12. The van der Waals surface area contributed by atoms with Crippen LogP contribution in [-0.2, 0) is 6.42 Å². The second kappa shape index (κ2) is 4.30. The van der Waals surface area contributed by atoms with Gasteiger partial charge in [0.05, 0.1) is 0 Å². The van der Waals surface area contributed by atoms with Gasteiger partial charge >= 0.3 is 0 Å². The van der Waals surface area contributed by atoms with Crippen LogP contribution in [0.2, 0.25) is 0 Å². The lowest BCUT2D eigenvalue weighted by atomic mass is 10.1. The van der Waals surface area contributed by atoms with Crippen LogP contribution in [0.5, 0.6) is 0 Å². The van der Waals surface area contributed by atoms with Crippen molar-refractivity contribution in [3.8, 4) is 11.5 Å². The fraction of sp³-hybridized carbons (Fsp3) is 0.188. The Morgan fingerprint density at radius 2 is 1.94 bits per heavy atom. The van der Waals surface area contributed by atoms with Crippen LogP contribution in [0, 0.1) is 6.92 Å². The Kier molecular flexibility index (Phi) is 2.63. The Balaban J connectivity index is 2.17. The summed E-state index contributed by atoms with van der Waals surface area (Å²) in [7, 11) is 0. The first-order chi connectivity index (χ1) is 8.78. The molecular formula is C16H15NO. The van der Waals surface area contributed by atoms with Crippen molar-refractivity contribution in [2.45, 2.75) is 20.3 Å². The molecule has 0 aliphatic carbocycles. The molecule has 3 aromatic rings. The minimum atomic E-state index is 0.705. The highest BCUT2D eigenvalue weighted by Crippen LogP contribution is 2.27. The molecule has 0 N–H and O–H groups in total. The molecule has 18 heavy (non-hydrogen) atoms. The molecular weight excluding hydrogens is 222 g/mol. The third kappa shape index (κ3) is 1.80. The largest absolute Gasteiger partial charge is 0.436 e. The van der Waals surface area contributed by atoms with Gasteiger partial charge < -0.3 is 4.42 Å². The van der Waals surface area contributed by atoms with Gasteiger partial charge in [0.2, 0.25) is 5.89 Å². The van der Waals surface area contributed by atoms with E-state index in [1.807, 2.05) is 24.3 Å². The zero-order valence-corrected chi connectivity index (χ0v) is 10.6. The summed E-state index contributed by atoms with van der Waals surface area (Å²) in [6.07, 6.45) is 1.02. The van der Waals surface area contributed by atoms with E-state index in [0.29, 0.717) is 5.89 Å². The summed E-state index contributed by atoms with van der Waals surface area (Å²) in [6, 6.07) is 14.3. The molecule has 2 heteroatoms. The maximum absolute atomic E-state index is 5.82. The Bertz CT molecular complexity index is 697. The Morgan fingerprint density at radius 3 is 2.72 bits per heavy atom. The van der Waals surface area contributed by atoms with E-state index in [4.69, 9.17) is 4.42 Å². The minimum Gasteiger partial charge on any atom is -0.436 e. The molecule has 0 fully saturated rings. The van der Waals surface area contributed by atoms with Gasteiger partial charge in [0.1, 0.15) is 5.52 Å². The summed E-state index contributed by atoms with van der Waals surface area (Å²) in [6.45, 7) is 4.21. The smallest absolute Gasteiger partial charge is 0.227 e. The Labute approximate surface area is 106 Å². The van der Waals surface area contributed by atoms with E-state index in [1.165, 1.54) is 11.1 Å². The third-order valence-electron chi connectivity index (χ3n) is 3.24.